The van der Waals surface area contributed by atoms with Crippen LogP contribution >= 0.6 is 0 Å². The van der Waals surface area contributed by atoms with Crippen LogP contribution in [0, 0.1) is 23.1 Å². The standard InChI is InChI=1S/C15H21FN2O3S.C10H22/c1-3-5-10(4-2)6-11-7-12(16)15(13(19)8-11)18-9-14(20)17-22(18)21;1-6-9(2)7-8-10(3,4)5/h7-8,10,19H,3-6,9H2,1-2H3,(H,17,20);9H,6-8H2,1-5H3. The molecule has 0 radical (unpaired) electrons. The van der Waals surface area contributed by atoms with Crippen molar-refractivity contribution in [2.24, 2.45) is 17.3 Å². The maximum Gasteiger partial charge on any atom is 0.253 e. The summed E-state index contributed by atoms with van der Waals surface area (Å²) in [5, 5.41) is 10.1. The SMILES string of the molecule is CCC(C)CCC(C)(C)C.CCCC(CC)Cc1cc(O)c(N2CC(=O)NS2=O)c(F)c1. The molecule has 0 aromatic heterocycles. The van der Waals surface area contributed by atoms with Crippen LogP contribution in [0.25, 0.3) is 0 Å². The molecule has 2 rings (SSSR count). The molecule has 184 valence electrons. The van der Waals surface area contributed by atoms with Crippen molar-refractivity contribution in [3.05, 3.63) is 23.5 Å². The van der Waals surface area contributed by atoms with Crippen molar-refractivity contribution in [2.45, 2.75) is 93.4 Å². The lowest BCUT2D eigenvalue weighted by Gasteiger charge is -2.19. The van der Waals surface area contributed by atoms with Gasteiger partial charge in [0.15, 0.2) is 5.82 Å². The second-order valence-electron chi connectivity index (χ2n) is 10.1. The third kappa shape index (κ3) is 9.47. The fraction of sp³-hybridized carbons (Fsp3) is 0.720. The van der Waals surface area contributed by atoms with Gasteiger partial charge in [-0.1, -0.05) is 80.6 Å². The molecule has 1 fully saturated rings. The smallest absolute Gasteiger partial charge is 0.253 e. The van der Waals surface area contributed by atoms with Crippen LogP contribution in [0.5, 0.6) is 5.75 Å². The Balaban J connectivity index is 0.000000433. The average Bonchev–Trinajstić information content (AvgIpc) is 3.02. The summed E-state index contributed by atoms with van der Waals surface area (Å²) in [6.07, 6.45) is 7.88. The molecular formula is C25H43FN2O3S. The molecule has 7 heteroatoms. The van der Waals surface area contributed by atoms with Gasteiger partial charge in [-0.15, -0.1) is 0 Å². The minimum atomic E-state index is -1.85. The Kier molecular flexibility index (Phi) is 11.7. The number of hydrogen-bond donors (Lipinski definition) is 2. The van der Waals surface area contributed by atoms with Crippen LogP contribution in [-0.2, 0) is 22.4 Å². The highest BCUT2D eigenvalue weighted by Crippen LogP contribution is 2.34. The maximum atomic E-state index is 14.3. The van der Waals surface area contributed by atoms with Gasteiger partial charge in [0, 0.05) is 0 Å². The van der Waals surface area contributed by atoms with E-state index in [0.29, 0.717) is 23.3 Å². The van der Waals surface area contributed by atoms with Crippen LogP contribution in [0.1, 0.15) is 92.6 Å². The summed E-state index contributed by atoms with van der Waals surface area (Å²) >= 11 is -1.85. The van der Waals surface area contributed by atoms with Gasteiger partial charge < -0.3 is 5.11 Å². The summed E-state index contributed by atoms with van der Waals surface area (Å²) in [6, 6.07) is 2.85. The molecule has 32 heavy (non-hydrogen) atoms. The van der Waals surface area contributed by atoms with Crippen LogP contribution in [0.4, 0.5) is 10.1 Å². The Labute approximate surface area is 196 Å². The molecule has 1 heterocycles. The molecule has 3 atom stereocenters. The number of rotatable bonds is 9. The Morgan fingerprint density at radius 2 is 1.84 bits per heavy atom. The molecule has 0 bridgehead atoms. The first-order valence-electron chi connectivity index (χ1n) is 11.9. The zero-order valence-electron chi connectivity index (χ0n) is 21.0. The zero-order valence-corrected chi connectivity index (χ0v) is 21.8. The van der Waals surface area contributed by atoms with Gasteiger partial charge in [-0.25, -0.2) is 8.60 Å². The van der Waals surface area contributed by atoms with Gasteiger partial charge in [0.05, 0.1) is 0 Å². The minimum absolute atomic E-state index is 0.191. The van der Waals surface area contributed by atoms with Gasteiger partial charge >= 0.3 is 0 Å². The lowest BCUT2D eigenvalue weighted by molar-refractivity contribution is -0.117. The van der Waals surface area contributed by atoms with Crippen molar-refractivity contribution < 1.29 is 18.5 Å². The molecule has 1 saturated heterocycles. The number of carbonyl (C=O) groups is 1. The molecule has 1 amide bonds. The van der Waals surface area contributed by atoms with Crippen molar-refractivity contribution in [3.63, 3.8) is 0 Å². The second kappa shape index (κ2) is 13.2. The van der Waals surface area contributed by atoms with Crippen molar-refractivity contribution in [2.75, 3.05) is 10.8 Å². The highest BCUT2D eigenvalue weighted by Gasteiger charge is 2.31. The molecular weight excluding hydrogens is 427 g/mol. The molecule has 3 unspecified atom stereocenters. The first-order valence-corrected chi connectivity index (χ1v) is 13.0. The van der Waals surface area contributed by atoms with Crippen molar-refractivity contribution in [1.82, 2.24) is 4.72 Å². The van der Waals surface area contributed by atoms with Gasteiger partial charge in [-0.3, -0.25) is 13.8 Å². The van der Waals surface area contributed by atoms with E-state index in [1.165, 1.54) is 31.4 Å². The highest BCUT2D eigenvalue weighted by molar-refractivity contribution is 7.85. The Morgan fingerprint density at radius 3 is 2.28 bits per heavy atom. The third-order valence-corrected chi connectivity index (χ3v) is 7.04. The molecule has 0 aliphatic carbocycles. The van der Waals surface area contributed by atoms with Crippen LogP contribution in [0.2, 0.25) is 0 Å². The molecule has 5 nitrogen and oxygen atoms in total. The number of nitrogens with one attached hydrogen (secondary N) is 1. The molecule has 1 aromatic rings. The van der Waals surface area contributed by atoms with Gasteiger partial charge in [0.1, 0.15) is 18.0 Å². The summed E-state index contributed by atoms with van der Waals surface area (Å²) in [5.41, 5.74) is 1.05. The second-order valence-corrected chi connectivity index (χ2v) is 11.3. The topological polar surface area (TPSA) is 69.6 Å². The summed E-state index contributed by atoms with van der Waals surface area (Å²) in [7, 11) is 0. The lowest BCUT2D eigenvalue weighted by Crippen LogP contribution is -2.23. The Hall–Kier alpha value is -1.63. The van der Waals surface area contributed by atoms with E-state index in [4.69, 9.17) is 0 Å². The lowest BCUT2D eigenvalue weighted by atomic mass is 9.86. The summed E-state index contributed by atoms with van der Waals surface area (Å²) in [4.78, 5) is 11.2. The number of anilines is 1. The molecule has 1 aliphatic rings. The number of phenolic OH excluding ortho intramolecular Hbond substituents is 1. The minimum Gasteiger partial charge on any atom is -0.506 e. The predicted molar refractivity (Wildman–Crippen MR) is 132 cm³/mol. The fourth-order valence-electron chi connectivity index (χ4n) is 3.62. The maximum absolute atomic E-state index is 14.3. The molecule has 1 aromatic carbocycles. The normalized spacial score (nSPS) is 18.1. The van der Waals surface area contributed by atoms with E-state index in [0.717, 1.165) is 29.5 Å². The fourth-order valence-corrected chi connectivity index (χ4v) is 4.57. The number of halogens is 1. The van der Waals surface area contributed by atoms with Gasteiger partial charge in [-0.05, 0) is 47.8 Å². The summed E-state index contributed by atoms with van der Waals surface area (Å²) in [5.74, 6) is -0.0503. The van der Waals surface area contributed by atoms with Crippen molar-refractivity contribution in [1.29, 1.82) is 0 Å². The number of benzene rings is 1. The van der Waals surface area contributed by atoms with E-state index in [1.54, 1.807) is 0 Å². The van der Waals surface area contributed by atoms with E-state index in [1.807, 2.05) is 0 Å². The first kappa shape index (κ1) is 28.4. The first-order chi connectivity index (χ1) is 14.9. The Morgan fingerprint density at radius 1 is 1.19 bits per heavy atom. The van der Waals surface area contributed by atoms with Crippen molar-refractivity contribution in [3.8, 4) is 5.75 Å². The highest BCUT2D eigenvalue weighted by atomic mass is 32.2. The number of amides is 1. The number of phenols is 1. The summed E-state index contributed by atoms with van der Waals surface area (Å²) in [6.45, 7) is 15.5. The van der Waals surface area contributed by atoms with Crippen LogP contribution in [-0.4, -0.2) is 21.8 Å². The van der Waals surface area contributed by atoms with E-state index in [2.05, 4.69) is 53.2 Å². The van der Waals surface area contributed by atoms with Crippen LogP contribution < -0.4 is 9.03 Å². The van der Waals surface area contributed by atoms with Gasteiger partial charge in [0.2, 0.25) is 11.2 Å². The van der Waals surface area contributed by atoms with E-state index < -0.39 is 22.9 Å². The van der Waals surface area contributed by atoms with E-state index in [-0.39, 0.29) is 18.0 Å². The van der Waals surface area contributed by atoms with Crippen LogP contribution in [0.3, 0.4) is 0 Å². The third-order valence-electron chi connectivity index (χ3n) is 5.92. The predicted octanol–water partition coefficient (Wildman–Crippen LogP) is 6.27. The van der Waals surface area contributed by atoms with Crippen molar-refractivity contribution >= 4 is 22.8 Å². The number of hydrogen-bond acceptors (Lipinski definition) is 3. The number of nitrogens with zero attached hydrogens (tertiary/aromatic N) is 1. The summed E-state index contributed by atoms with van der Waals surface area (Å²) < 4.78 is 29.2. The largest absolute Gasteiger partial charge is 0.506 e. The van der Waals surface area contributed by atoms with Crippen LogP contribution in [0.15, 0.2) is 12.1 Å². The molecule has 0 spiro atoms. The number of aromatic hydroxyl groups is 1. The van der Waals surface area contributed by atoms with E-state index in [9.17, 15) is 18.5 Å². The molecule has 0 saturated carbocycles. The van der Waals surface area contributed by atoms with Gasteiger partial charge in [0.25, 0.3) is 5.91 Å². The molecule has 2 N–H and O–H groups in total. The number of carbonyl (C=O) groups excluding carboxylic acids is 1. The molecule has 1 aliphatic heterocycles. The average molecular weight is 471 g/mol. The van der Waals surface area contributed by atoms with E-state index >= 15 is 0 Å². The quantitative estimate of drug-likeness (QED) is 0.447. The zero-order chi connectivity index (χ0) is 24.5. The van der Waals surface area contributed by atoms with Gasteiger partial charge in [-0.2, -0.15) is 0 Å². The monoisotopic (exact) mass is 470 g/mol. The Bertz CT molecular complexity index is 741.